The molecule has 0 aromatic rings. The smallest absolute Gasteiger partial charge is 0.0744 e. The highest BCUT2D eigenvalue weighted by atomic mass is 16.3. The van der Waals surface area contributed by atoms with Crippen LogP contribution in [0.2, 0.25) is 0 Å². The lowest BCUT2D eigenvalue weighted by atomic mass is 9.87. The van der Waals surface area contributed by atoms with Gasteiger partial charge in [-0.05, 0) is 51.0 Å². The molecular formula is C13H22O. The van der Waals surface area contributed by atoms with Gasteiger partial charge >= 0.3 is 0 Å². The number of rotatable bonds is 3. The van der Waals surface area contributed by atoms with Crippen molar-refractivity contribution in [2.45, 2.75) is 52.6 Å². The minimum absolute atomic E-state index is 0.235. The molecule has 0 spiro atoms. The van der Waals surface area contributed by atoms with E-state index >= 15 is 0 Å². The van der Waals surface area contributed by atoms with Gasteiger partial charge in [0.05, 0.1) is 6.10 Å². The first-order valence-electron chi connectivity index (χ1n) is 5.65. The predicted molar refractivity (Wildman–Crippen MR) is 61.2 cm³/mol. The molecular weight excluding hydrogens is 172 g/mol. The molecule has 1 rings (SSSR count). The van der Waals surface area contributed by atoms with Gasteiger partial charge in [-0.3, -0.25) is 0 Å². The van der Waals surface area contributed by atoms with Crippen LogP contribution in [-0.4, -0.2) is 11.2 Å². The largest absolute Gasteiger partial charge is 0.389 e. The van der Waals surface area contributed by atoms with E-state index in [4.69, 9.17) is 0 Å². The maximum atomic E-state index is 9.64. The van der Waals surface area contributed by atoms with Crippen LogP contribution in [-0.2, 0) is 0 Å². The van der Waals surface area contributed by atoms with E-state index in [9.17, 15) is 5.11 Å². The van der Waals surface area contributed by atoms with Crippen LogP contribution in [0.25, 0.3) is 0 Å². The van der Waals surface area contributed by atoms with Crippen LogP contribution < -0.4 is 0 Å². The Labute approximate surface area is 87.5 Å². The Morgan fingerprint density at radius 3 is 3.00 bits per heavy atom. The molecule has 14 heavy (non-hydrogen) atoms. The SMILES string of the molecule is CCC(O)/C(C)=C/[C@@H]1CCC=C(C)C1. The number of hydrogen-bond acceptors (Lipinski definition) is 1. The van der Waals surface area contributed by atoms with Crippen molar-refractivity contribution in [3.8, 4) is 0 Å². The Balaban J connectivity index is 2.55. The zero-order valence-corrected chi connectivity index (χ0v) is 9.59. The number of aliphatic hydroxyl groups excluding tert-OH is 1. The van der Waals surface area contributed by atoms with Crippen molar-refractivity contribution in [3.05, 3.63) is 23.3 Å². The van der Waals surface area contributed by atoms with Gasteiger partial charge in [0, 0.05) is 0 Å². The molecule has 1 N–H and O–H groups in total. The molecule has 80 valence electrons. The lowest BCUT2D eigenvalue weighted by molar-refractivity contribution is 0.205. The third-order valence-corrected chi connectivity index (χ3v) is 3.03. The van der Waals surface area contributed by atoms with Gasteiger partial charge in [0.15, 0.2) is 0 Å². The van der Waals surface area contributed by atoms with Gasteiger partial charge in [0.2, 0.25) is 0 Å². The molecule has 0 saturated carbocycles. The summed E-state index contributed by atoms with van der Waals surface area (Å²) in [6, 6.07) is 0. The second-order valence-corrected chi connectivity index (χ2v) is 4.43. The topological polar surface area (TPSA) is 20.2 Å². The van der Waals surface area contributed by atoms with Crippen LogP contribution in [0.4, 0.5) is 0 Å². The summed E-state index contributed by atoms with van der Waals surface area (Å²) in [6.07, 6.45) is 8.80. The van der Waals surface area contributed by atoms with Crippen molar-refractivity contribution in [2.75, 3.05) is 0 Å². The molecule has 0 fully saturated rings. The Hall–Kier alpha value is -0.560. The fourth-order valence-electron chi connectivity index (χ4n) is 2.09. The van der Waals surface area contributed by atoms with Crippen LogP contribution in [0.1, 0.15) is 46.5 Å². The fraction of sp³-hybridized carbons (Fsp3) is 0.692. The fourth-order valence-corrected chi connectivity index (χ4v) is 2.09. The van der Waals surface area contributed by atoms with Crippen molar-refractivity contribution in [3.63, 3.8) is 0 Å². The Morgan fingerprint density at radius 2 is 2.43 bits per heavy atom. The van der Waals surface area contributed by atoms with Crippen LogP contribution >= 0.6 is 0 Å². The third-order valence-electron chi connectivity index (χ3n) is 3.03. The van der Waals surface area contributed by atoms with Crippen LogP contribution in [0, 0.1) is 5.92 Å². The maximum Gasteiger partial charge on any atom is 0.0744 e. The minimum atomic E-state index is -0.235. The first-order chi connectivity index (χ1) is 6.63. The summed E-state index contributed by atoms with van der Waals surface area (Å²) in [6.45, 7) is 6.27. The highest BCUT2D eigenvalue weighted by molar-refractivity contribution is 5.12. The van der Waals surface area contributed by atoms with Gasteiger partial charge in [0.1, 0.15) is 0 Å². The van der Waals surface area contributed by atoms with Crippen LogP contribution in [0.5, 0.6) is 0 Å². The van der Waals surface area contributed by atoms with Gasteiger partial charge in [-0.25, -0.2) is 0 Å². The predicted octanol–water partition coefficient (Wildman–Crippen LogP) is 3.45. The molecule has 0 aromatic heterocycles. The van der Waals surface area contributed by atoms with E-state index < -0.39 is 0 Å². The molecule has 0 radical (unpaired) electrons. The molecule has 0 amide bonds. The molecule has 0 heterocycles. The Kier molecular flexibility index (Phi) is 4.40. The summed E-state index contributed by atoms with van der Waals surface area (Å²) in [5.74, 6) is 0.654. The first-order valence-corrected chi connectivity index (χ1v) is 5.65. The molecule has 1 heteroatoms. The monoisotopic (exact) mass is 194 g/mol. The molecule has 0 aliphatic heterocycles. The summed E-state index contributed by atoms with van der Waals surface area (Å²) in [5, 5.41) is 9.64. The maximum absolute atomic E-state index is 9.64. The van der Waals surface area contributed by atoms with E-state index in [0.717, 1.165) is 12.0 Å². The molecule has 0 saturated heterocycles. The highest BCUT2D eigenvalue weighted by Gasteiger charge is 2.12. The van der Waals surface area contributed by atoms with Crippen LogP contribution in [0.15, 0.2) is 23.3 Å². The van der Waals surface area contributed by atoms with Crippen molar-refractivity contribution in [1.82, 2.24) is 0 Å². The van der Waals surface area contributed by atoms with E-state index in [1.807, 2.05) is 13.8 Å². The van der Waals surface area contributed by atoms with E-state index in [-0.39, 0.29) is 6.10 Å². The number of hydrogen-bond donors (Lipinski definition) is 1. The van der Waals surface area contributed by atoms with Gasteiger partial charge in [-0.15, -0.1) is 0 Å². The number of allylic oxidation sites excluding steroid dienone is 3. The Bertz CT molecular complexity index is 238. The lowest BCUT2D eigenvalue weighted by Gasteiger charge is -2.19. The summed E-state index contributed by atoms with van der Waals surface area (Å²) in [5.41, 5.74) is 2.64. The van der Waals surface area contributed by atoms with Crippen molar-refractivity contribution in [2.24, 2.45) is 5.92 Å². The second-order valence-electron chi connectivity index (χ2n) is 4.43. The second kappa shape index (κ2) is 5.35. The third kappa shape index (κ3) is 3.30. The Morgan fingerprint density at radius 1 is 1.71 bits per heavy atom. The van der Waals surface area contributed by atoms with E-state index in [1.165, 1.54) is 24.8 Å². The summed E-state index contributed by atoms with van der Waals surface area (Å²) in [7, 11) is 0. The average Bonchev–Trinajstić information content (AvgIpc) is 2.16. The number of aliphatic hydroxyl groups is 1. The van der Waals surface area contributed by atoms with Crippen LogP contribution in [0.3, 0.4) is 0 Å². The van der Waals surface area contributed by atoms with Gasteiger partial charge in [0.25, 0.3) is 0 Å². The van der Waals surface area contributed by atoms with Crippen molar-refractivity contribution >= 4 is 0 Å². The lowest BCUT2D eigenvalue weighted by Crippen LogP contribution is -2.10. The molecule has 1 nitrogen and oxygen atoms in total. The zero-order valence-electron chi connectivity index (χ0n) is 9.59. The van der Waals surface area contributed by atoms with Gasteiger partial charge in [-0.2, -0.15) is 0 Å². The van der Waals surface area contributed by atoms with Gasteiger partial charge in [-0.1, -0.05) is 24.6 Å². The normalized spacial score (nSPS) is 25.9. The molecule has 0 bridgehead atoms. The van der Waals surface area contributed by atoms with E-state index in [2.05, 4.69) is 19.1 Å². The summed E-state index contributed by atoms with van der Waals surface area (Å²) in [4.78, 5) is 0. The van der Waals surface area contributed by atoms with Gasteiger partial charge < -0.3 is 5.11 Å². The molecule has 0 aromatic carbocycles. The molecule has 1 unspecified atom stereocenters. The standard InChI is InChI=1S/C13H22O/c1-4-13(14)11(3)9-12-7-5-6-10(2)8-12/h6,9,12-14H,4-5,7-8H2,1-3H3/b11-9+/t12-,13?/m1/s1. The molecule has 1 aliphatic rings. The van der Waals surface area contributed by atoms with Crippen molar-refractivity contribution in [1.29, 1.82) is 0 Å². The summed E-state index contributed by atoms with van der Waals surface area (Å²) >= 11 is 0. The van der Waals surface area contributed by atoms with Crippen molar-refractivity contribution < 1.29 is 5.11 Å². The average molecular weight is 194 g/mol. The molecule has 1 aliphatic carbocycles. The highest BCUT2D eigenvalue weighted by Crippen LogP contribution is 2.26. The summed E-state index contributed by atoms with van der Waals surface area (Å²) < 4.78 is 0. The molecule has 2 atom stereocenters. The zero-order chi connectivity index (χ0) is 10.6. The quantitative estimate of drug-likeness (QED) is 0.682. The van der Waals surface area contributed by atoms with E-state index in [0.29, 0.717) is 5.92 Å². The minimum Gasteiger partial charge on any atom is -0.389 e. The van der Waals surface area contributed by atoms with E-state index in [1.54, 1.807) is 0 Å². The first kappa shape index (κ1) is 11.5.